The molecule has 1 N–H and O–H groups in total. The van der Waals surface area contributed by atoms with Crippen LogP contribution in [-0.4, -0.2) is 45.9 Å². The first-order valence-electron chi connectivity index (χ1n) is 5.10. The highest BCUT2D eigenvalue weighted by Crippen LogP contribution is 2.17. The van der Waals surface area contributed by atoms with Crippen molar-refractivity contribution in [3.63, 3.8) is 0 Å². The Morgan fingerprint density at radius 2 is 2.24 bits per heavy atom. The van der Waals surface area contributed by atoms with Crippen LogP contribution < -0.4 is 9.85 Å². The molecule has 1 aliphatic heterocycles. The molecule has 1 aromatic heterocycles. The third kappa shape index (κ3) is 2.37. The van der Waals surface area contributed by atoms with Crippen LogP contribution in [0.3, 0.4) is 0 Å². The van der Waals surface area contributed by atoms with E-state index in [1.165, 1.54) is 23.8 Å². The first-order valence-corrected chi connectivity index (χ1v) is 5.10. The van der Waals surface area contributed by atoms with E-state index in [9.17, 15) is 9.59 Å². The van der Waals surface area contributed by atoms with Gasteiger partial charge in [0, 0.05) is 20.4 Å². The first kappa shape index (κ1) is 11.4. The first-order chi connectivity index (χ1) is 7.99. The summed E-state index contributed by atoms with van der Waals surface area (Å²) >= 11 is 0. The van der Waals surface area contributed by atoms with Crippen LogP contribution in [0.15, 0.2) is 4.63 Å². The second-order valence-electron chi connectivity index (χ2n) is 3.66. The van der Waals surface area contributed by atoms with Gasteiger partial charge in [-0.2, -0.15) is 4.63 Å². The Morgan fingerprint density at radius 3 is 2.71 bits per heavy atom. The van der Waals surface area contributed by atoms with Crippen molar-refractivity contribution in [3.8, 4) is 0 Å². The molecule has 9 heteroatoms. The molecule has 0 spiro atoms. The van der Waals surface area contributed by atoms with Crippen molar-refractivity contribution in [2.24, 2.45) is 0 Å². The molecule has 96 valence electrons. The predicted octanol–water partition coefficient (Wildman–Crippen LogP) is -0.985. The smallest absolute Gasteiger partial charge is 0.328 e. The molecule has 17 heavy (non-hydrogen) atoms. The number of carboxylic acid groups (broad SMARTS) is 1. The van der Waals surface area contributed by atoms with Crippen molar-refractivity contribution in [3.05, 3.63) is 0 Å². The van der Waals surface area contributed by atoms with Gasteiger partial charge in [0.1, 0.15) is 11.1 Å². The minimum absolute atomic E-state index is 0.474. The fourth-order valence-corrected chi connectivity index (χ4v) is 1.46. The van der Waals surface area contributed by atoms with Gasteiger partial charge >= 0.3 is 11.9 Å². The second kappa shape index (κ2) is 4.07. The molecule has 1 fully saturated rings. The predicted molar refractivity (Wildman–Crippen MR) is 51.6 cm³/mol. The molecule has 0 aromatic carbocycles. The van der Waals surface area contributed by atoms with E-state index in [0.29, 0.717) is 13.0 Å². The Hall–Kier alpha value is -2.06. The number of carbonyl (C=O) groups is 2. The van der Waals surface area contributed by atoms with E-state index in [1.54, 1.807) is 0 Å². The summed E-state index contributed by atoms with van der Waals surface area (Å²) in [5.41, 5.74) is 0. The van der Waals surface area contributed by atoms with Gasteiger partial charge in [-0.1, -0.05) is 0 Å². The van der Waals surface area contributed by atoms with Crippen LogP contribution in [0.4, 0.5) is 0 Å². The lowest BCUT2D eigenvalue weighted by Gasteiger charge is -2.33. The maximum atomic E-state index is 10.7. The van der Waals surface area contributed by atoms with Crippen LogP contribution in [0, 0.1) is 0 Å². The van der Waals surface area contributed by atoms with Crippen LogP contribution in [0.1, 0.15) is 20.3 Å². The summed E-state index contributed by atoms with van der Waals surface area (Å²) < 4.78 is 9.58. The Kier molecular flexibility index (Phi) is 2.74. The molecule has 1 aliphatic rings. The molecule has 9 nitrogen and oxygen atoms in total. The monoisotopic (exact) mass is 247 g/mol. The highest BCUT2D eigenvalue weighted by molar-refractivity contribution is 5.77. The van der Waals surface area contributed by atoms with E-state index >= 15 is 0 Å². The molecule has 2 atom stereocenters. The minimum Gasteiger partial charge on any atom is -0.480 e. The molecule has 2 rings (SSSR count). The summed E-state index contributed by atoms with van der Waals surface area (Å²) in [6, 6.07) is -0.604. The third-order valence-corrected chi connectivity index (χ3v) is 2.32. The summed E-state index contributed by atoms with van der Waals surface area (Å²) in [6.07, 6.45) is -0.246. The SMILES string of the molecule is CC(=O)OC(C)On1on1N1CCC1C(=O)O. The fourth-order valence-electron chi connectivity index (χ4n) is 1.46. The van der Waals surface area contributed by atoms with Crippen LogP contribution >= 0.6 is 0 Å². The topological polar surface area (TPSA) is 99.1 Å². The molecular weight excluding hydrogens is 234 g/mol. The van der Waals surface area contributed by atoms with Gasteiger partial charge in [0.05, 0.1) is 4.96 Å². The Morgan fingerprint density at radius 1 is 1.53 bits per heavy atom. The molecular formula is C8H13N3O6. The maximum absolute atomic E-state index is 10.7. The summed E-state index contributed by atoms with van der Waals surface area (Å²) in [5, 5.41) is 11.3. The van der Waals surface area contributed by atoms with Crippen molar-refractivity contribution >= 4 is 11.9 Å². The Labute approximate surface area is 95.9 Å². The van der Waals surface area contributed by atoms with Crippen LogP contribution in [-0.2, 0) is 14.3 Å². The van der Waals surface area contributed by atoms with Crippen molar-refractivity contribution in [1.82, 2.24) is 9.98 Å². The number of carboxylic acids is 1. The number of carbonyl (C=O) groups excluding carboxylic acids is 1. The van der Waals surface area contributed by atoms with Crippen molar-refractivity contribution in [1.29, 1.82) is 0 Å². The highest BCUT2D eigenvalue weighted by Gasteiger charge is 2.40. The lowest BCUT2D eigenvalue weighted by molar-refractivity contribution is -0.178. The van der Waals surface area contributed by atoms with Crippen molar-refractivity contribution < 1.29 is 28.9 Å². The van der Waals surface area contributed by atoms with E-state index in [-0.39, 0.29) is 0 Å². The highest BCUT2D eigenvalue weighted by atomic mass is 17.0. The van der Waals surface area contributed by atoms with E-state index < -0.39 is 24.3 Å². The molecule has 0 bridgehead atoms. The number of hydrogen-bond acceptors (Lipinski definition) is 6. The van der Waals surface area contributed by atoms with Crippen molar-refractivity contribution in [2.45, 2.75) is 32.6 Å². The average Bonchev–Trinajstić information content (AvgIpc) is 2.78. The molecule has 2 heterocycles. The van der Waals surface area contributed by atoms with Gasteiger partial charge in [0.2, 0.25) is 0 Å². The lowest BCUT2D eigenvalue weighted by atomic mass is 10.1. The Balaban J connectivity index is 1.83. The molecule has 0 saturated carbocycles. The van der Waals surface area contributed by atoms with Gasteiger partial charge in [-0.15, -0.1) is 0 Å². The summed E-state index contributed by atoms with van der Waals surface area (Å²) in [4.78, 5) is 27.6. The van der Waals surface area contributed by atoms with Gasteiger partial charge in [-0.25, -0.2) is 9.80 Å². The quantitative estimate of drug-likeness (QED) is 0.527. The minimum atomic E-state index is -0.917. The summed E-state index contributed by atoms with van der Waals surface area (Å²) in [5.74, 6) is -1.39. The van der Waals surface area contributed by atoms with E-state index in [1.807, 2.05) is 0 Å². The molecule has 1 saturated heterocycles. The number of esters is 1. The van der Waals surface area contributed by atoms with Gasteiger partial charge < -0.3 is 14.7 Å². The van der Waals surface area contributed by atoms with Crippen LogP contribution in [0.2, 0.25) is 0 Å². The zero-order valence-corrected chi connectivity index (χ0v) is 9.40. The summed E-state index contributed by atoms with van der Waals surface area (Å²) in [7, 11) is 0. The molecule has 0 radical (unpaired) electrons. The fraction of sp³-hybridized carbons (Fsp3) is 0.750. The molecule has 2 unspecified atom stereocenters. The van der Waals surface area contributed by atoms with Gasteiger partial charge in [-0.05, 0) is 6.42 Å². The number of ether oxygens (including phenoxy) is 1. The number of aromatic nitrogens is 2. The number of rotatable bonds is 5. The average molecular weight is 247 g/mol. The van der Waals surface area contributed by atoms with Crippen LogP contribution in [0.25, 0.3) is 0 Å². The normalized spacial score (nSPS) is 20.8. The lowest BCUT2D eigenvalue weighted by Crippen LogP contribution is -2.57. The molecule has 0 aliphatic carbocycles. The maximum Gasteiger partial charge on any atom is 0.328 e. The number of nitrogens with zero attached hydrogens (tertiary/aromatic N) is 3. The van der Waals surface area contributed by atoms with E-state index in [4.69, 9.17) is 19.3 Å². The van der Waals surface area contributed by atoms with E-state index in [2.05, 4.69) is 0 Å². The number of aliphatic carboxylic acids is 1. The number of hydrogen-bond donors (Lipinski definition) is 1. The molecule has 1 aromatic rings. The van der Waals surface area contributed by atoms with Crippen LogP contribution in [0.5, 0.6) is 0 Å². The standard InChI is InChI=1S/C8H13N3O6/c1-5(12)15-6(2)16-11-10(17-11)9-4-3-7(9)8(13)14/h6-7H,3-4H2,1-2H3,(H,13,14). The zero-order chi connectivity index (χ0) is 12.6. The second-order valence-corrected chi connectivity index (χ2v) is 3.66. The molecule has 0 amide bonds. The van der Waals surface area contributed by atoms with Gasteiger partial charge in [-0.3, -0.25) is 4.79 Å². The largest absolute Gasteiger partial charge is 0.480 e. The Bertz CT molecular complexity index is 418. The van der Waals surface area contributed by atoms with Crippen molar-refractivity contribution in [2.75, 3.05) is 11.6 Å². The zero-order valence-electron chi connectivity index (χ0n) is 9.40. The van der Waals surface area contributed by atoms with E-state index in [0.717, 1.165) is 5.02 Å². The van der Waals surface area contributed by atoms with Gasteiger partial charge in [0.15, 0.2) is 0 Å². The third-order valence-electron chi connectivity index (χ3n) is 2.32. The summed E-state index contributed by atoms with van der Waals surface area (Å²) in [6.45, 7) is 3.35. The van der Waals surface area contributed by atoms with Gasteiger partial charge in [0.25, 0.3) is 6.29 Å².